The van der Waals surface area contributed by atoms with Gasteiger partial charge in [-0.25, -0.2) is 0 Å². The van der Waals surface area contributed by atoms with Gasteiger partial charge in [-0.2, -0.15) is 4.57 Å². The highest BCUT2D eigenvalue weighted by Crippen LogP contribution is 2.36. The first-order chi connectivity index (χ1) is 14.3. The number of carbonyl (C=O) groups is 1. The molecule has 2 heteroatoms. The van der Waals surface area contributed by atoms with E-state index in [-0.39, 0.29) is 11.3 Å². The van der Waals surface area contributed by atoms with E-state index < -0.39 is 0 Å². The number of allylic oxidation sites excluding steroid dienone is 2. The molecule has 0 bridgehead atoms. The zero-order chi connectivity index (χ0) is 21.5. The Morgan fingerprint density at radius 2 is 1.53 bits per heavy atom. The topological polar surface area (TPSA) is 20.9 Å². The number of hydrogen-bond donors (Lipinski definition) is 0. The fourth-order valence-corrected chi connectivity index (χ4v) is 4.89. The molecule has 0 spiro atoms. The smallest absolute Gasteiger partial charge is 0.221 e. The van der Waals surface area contributed by atoms with Crippen molar-refractivity contribution in [3.05, 3.63) is 76.2 Å². The molecule has 152 valence electrons. The molecule has 5 rings (SSSR count). The first-order valence-corrected chi connectivity index (χ1v) is 10.8. The predicted molar refractivity (Wildman–Crippen MR) is 126 cm³/mol. The van der Waals surface area contributed by atoms with Gasteiger partial charge in [0.25, 0.3) is 0 Å². The molecular weight excluding hydrogens is 366 g/mol. The van der Waals surface area contributed by atoms with E-state index in [4.69, 9.17) is 0 Å². The molecular formula is C28H30NO+. The number of benzene rings is 2. The Morgan fingerprint density at radius 1 is 0.900 bits per heavy atom. The second-order valence-electron chi connectivity index (χ2n) is 8.95. The molecule has 2 aliphatic rings. The molecule has 3 aromatic rings. The Labute approximate surface area is 178 Å². The Morgan fingerprint density at radius 3 is 2.20 bits per heavy atom. The van der Waals surface area contributed by atoms with E-state index in [1.807, 2.05) is 13.8 Å². The van der Waals surface area contributed by atoms with Crippen molar-refractivity contribution < 1.29 is 9.36 Å². The molecule has 2 heterocycles. The third-order valence-corrected chi connectivity index (χ3v) is 5.96. The highest BCUT2D eigenvalue weighted by molar-refractivity contribution is 5.87. The van der Waals surface area contributed by atoms with Gasteiger partial charge in [0.05, 0.1) is 16.2 Å². The van der Waals surface area contributed by atoms with Crippen LogP contribution in [0, 0.1) is 0 Å². The molecule has 30 heavy (non-hydrogen) atoms. The number of rotatable bonds is 1. The van der Waals surface area contributed by atoms with Crippen molar-refractivity contribution in [2.24, 2.45) is 0 Å². The van der Waals surface area contributed by atoms with Crippen LogP contribution in [0.5, 0.6) is 0 Å². The first-order valence-electron chi connectivity index (χ1n) is 10.8. The lowest BCUT2D eigenvalue weighted by Crippen LogP contribution is -2.55. The van der Waals surface area contributed by atoms with Crippen LogP contribution in [0.15, 0.2) is 60.2 Å². The van der Waals surface area contributed by atoms with Crippen molar-refractivity contribution in [1.29, 1.82) is 0 Å². The van der Waals surface area contributed by atoms with Crippen LogP contribution in [-0.2, 0) is 10.3 Å². The van der Waals surface area contributed by atoms with Gasteiger partial charge >= 0.3 is 0 Å². The largest absolute Gasteiger partial charge is 0.295 e. The normalized spacial score (nSPS) is 14.8. The van der Waals surface area contributed by atoms with Crippen LogP contribution < -0.4 is 15.0 Å². The molecule has 0 atom stereocenters. The molecule has 0 amide bonds. The van der Waals surface area contributed by atoms with Gasteiger partial charge in [0.1, 0.15) is 0 Å². The number of para-hydroxylation sites is 1. The zero-order valence-corrected chi connectivity index (χ0v) is 18.6. The quantitative estimate of drug-likeness (QED) is 0.428. The molecule has 0 N–H and O–H groups in total. The van der Waals surface area contributed by atoms with Crippen molar-refractivity contribution in [3.8, 4) is 11.3 Å². The monoisotopic (exact) mass is 396 g/mol. The minimum absolute atomic E-state index is 0.0220. The third-order valence-electron chi connectivity index (χ3n) is 5.96. The van der Waals surface area contributed by atoms with Gasteiger partial charge in [-0.3, -0.25) is 4.79 Å². The van der Waals surface area contributed by atoms with Gasteiger partial charge in [0.2, 0.25) is 11.2 Å². The summed E-state index contributed by atoms with van der Waals surface area (Å²) in [5.74, 6) is 0.125. The average Bonchev–Trinajstić information content (AvgIpc) is 2.96. The number of ketones is 1. The summed E-state index contributed by atoms with van der Waals surface area (Å²) >= 11 is 0. The van der Waals surface area contributed by atoms with Gasteiger partial charge in [-0.15, -0.1) is 0 Å². The van der Waals surface area contributed by atoms with Crippen molar-refractivity contribution in [3.63, 3.8) is 0 Å². The van der Waals surface area contributed by atoms with Crippen molar-refractivity contribution in [2.45, 2.75) is 53.0 Å². The second-order valence-corrected chi connectivity index (χ2v) is 8.95. The Bertz CT molecular complexity index is 1300. The summed E-state index contributed by atoms with van der Waals surface area (Å²) in [6.45, 7) is 10.0. The minimum Gasteiger partial charge on any atom is -0.295 e. The minimum atomic E-state index is -0.0220. The van der Waals surface area contributed by atoms with E-state index in [0.717, 1.165) is 18.4 Å². The third kappa shape index (κ3) is 3.31. The number of aromatic nitrogens is 1. The van der Waals surface area contributed by atoms with Crippen molar-refractivity contribution >= 4 is 28.8 Å². The fraction of sp³-hybridized carbons (Fsp3) is 0.286. The highest BCUT2D eigenvalue weighted by atomic mass is 16.1. The summed E-state index contributed by atoms with van der Waals surface area (Å²) in [5.41, 5.74) is 6.60. The molecule has 1 aliphatic carbocycles. The number of hydrogen-bond acceptors (Lipinski definition) is 1. The highest BCUT2D eigenvalue weighted by Gasteiger charge is 2.45. The van der Waals surface area contributed by atoms with Crippen LogP contribution >= 0.6 is 0 Å². The van der Waals surface area contributed by atoms with Crippen LogP contribution in [0.25, 0.3) is 34.3 Å². The standard InChI is InChI=1S/C22H20N.C6H10O/c1-22(2)19-13-7-5-12-18(19)21-17-11-4-3-9-15(17)16-10-6-8-14-20(16)23(21)22;1-5(2)4-6(3)7/h5-14H,3-4H2,1-2H3;4H,1-3H3/q+1;. The number of fused-ring (bicyclic) bond motifs is 8. The number of pyridine rings is 1. The number of carbonyl (C=O) groups excluding carboxylic acids is 1. The predicted octanol–water partition coefficient (Wildman–Crippen LogP) is 4.79. The average molecular weight is 397 g/mol. The lowest BCUT2D eigenvalue weighted by atomic mass is 9.93. The van der Waals surface area contributed by atoms with Gasteiger partial charge in [0.15, 0.2) is 11.3 Å². The molecule has 1 aliphatic heterocycles. The fourth-order valence-electron chi connectivity index (χ4n) is 4.89. The first kappa shape index (κ1) is 20.3. The van der Waals surface area contributed by atoms with Crippen LogP contribution in [-0.4, -0.2) is 5.78 Å². The molecule has 0 saturated heterocycles. The molecule has 1 aromatic heterocycles. The van der Waals surface area contributed by atoms with Crippen molar-refractivity contribution in [1.82, 2.24) is 0 Å². The maximum absolute atomic E-state index is 10.2. The van der Waals surface area contributed by atoms with Gasteiger partial charge in [-0.1, -0.05) is 48.1 Å². The molecule has 0 unspecified atom stereocenters. The lowest BCUT2D eigenvalue weighted by Gasteiger charge is -2.17. The second kappa shape index (κ2) is 7.68. The van der Waals surface area contributed by atoms with E-state index in [2.05, 4.69) is 79.1 Å². The maximum Gasteiger partial charge on any atom is 0.221 e. The molecule has 0 saturated carbocycles. The molecule has 2 nitrogen and oxygen atoms in total. The Kier molecular flexibility index (Phi) is 5.19. The van der Waals surface area contributed by atoms with E-state index in [1.54, 1.807) is 13.0 Å². The van der Waals surface area contributed by atoms with Gasteiger partial charge < -0.3 is 0 Å². The van der Waals surface area contributed by atoms with E-state index in [9.17, 15) is 4.79 Å². The molecule has 0 radical (unpaired) electrons. The molecule has 0 fully saturated rings. The summed E-state index contributed by atoms with van der Waals surface area (Å²) in [7, 11) is 0. The summed E-state index contributed by atoms with van der Waals surface area (Å²) in [6.07, 6.45) is 8.75. The van der Waals surface area contributed by atoms with Crippen LogP contribution in [0.1, 0.15) is 53.0 Å². The SMILES string of the molecule is CC(=O)C=C(C)C.CC1(C)c2ccccc2-c2c3c(c4ccccc4[n+]21)=CCCC=3. The van der Waals surface area contributed by atoms with Crippen LogP contribution in [0.2, 0.25) is 0 Å². The summed E-state index contributed by atoms with van der Waals surface area (Å²) in [5, 5.41) is 4.22. The van der Waals surface area contributed by atoms with Crippen molar-refractivity contribution in [2.75, 3.05) is 0 Å². The van der Waals surface area contributed by atoms with Gasteiger partial charge in [0, 0.05) is 25.5 Å². The summed E-state index contributed by atoms with van der Waals surface area (Å²) < 4.78 is 2.56. The lowest BCUT2D eigenvalue weighted by molar-refractivity contribution is -0.708. The van der Waals surface area contributed by atoms with E-state index in [0.29, 0.717) is 0 Å². The number of nitrogens with zero attached hydrogens (tertiary/aromatic N) is 1. The summed E-state index contributed by atoms with van der Waals surface area (Å²) in [6, 6.07) is 17.8. The Hall–Kier alpha value is -3.00. The summed E-state index contributed by atoms with van der Waals surface area (Å²) in [4.78, 5) is 10.2. The van der Waals surface area contributed by atoms with Crippen LogP contribution in [0.4, 0.5) is 0 Å². The van der Waals surface area contributed by atoms with Crippen LogP contribution in [0.3, 0.4) is 0 Å². The molecule has 2 aromatic carbocycles. The maximum atomic E-state index is 10.2. The zero-order valence-electron chi connectivity index (χ0n) is 18.6. The van der Waals surface area contributed by atoms with E-state index >= 15 is 0 Å². The van der Waals surface area contributed by atoms with Gasteiger partial charge in [-0.05, 0) is 57.0 Å². The van der Waals surface area contributed by atoms with E-state index in [1.165, 1.54) is 38.2 Å². The Balaban J connectivity index is 0.000000272.